The zero-order valence-electron chi connectivity index (χ0n) is 20.2. The number of hydrogen-bond acceptors (Lipinski definition) is 5. The van der Waals surface area contributed by atoms with Crippen LogP contribution in [0, 0.1) is 0 Å². The molecule has 2 heterocycles. The van der Waals surface area contributed by atoms with Crippen LogP contribution in [0.4, 0.5) is 18.0 Å². The average Bonchev–Trinajstić information content (AvgIpc) is 3.02. The van der Waals surface area contributed by atoms with Crippen LogP contribution in [0.2, 0.25) is 0 Å². The number of carbonyl (C=O) groups excluding carboxylic acids is 1. The zero-order valence-corrected chi connectivity index (χ0v) is 20.2. The van der Waals surface area contributed by atoms with Gasteiger partial charge in [-0.05, 0) is 42.7 Å². The normalized spacial score (nSPS) is 15.5. The predicted octanol–water partition coefficient (Wildman–Crippen LogP) is 5.12. The van der Waals surface area contributed by atoms with Gasteiger partial charge in [-0.25, -0.2) is 9.80 Å². The number of hydrogen-bond donors (Lipinski definition) is 1. The lowest BCUT2D eigenvalue weighted by molar-refractivity contribution is -0.141. The molecular weight excluding hydrogens is 473 g/mol. The molecule has 2 aromatic carbocycles. The number of benzene rings is 2. The summed E-state index contributed by atoms with van der Waals surface area (Å²) in [4.78, 5) is 16.2. The van der Waals surface area contributed by atoms with Gasteiger partial charge in [0.25, 0.3) is 0 Å². The van der Waals surface area contributed by atoms with E-state index in [-0.39, 0.29) is 12.1 Å². The first kappa shape index (κ1) is 25.0. The highest BCUT2D eigenvalue weighted by molar-refractivity contribution is 6.14. The number of alkyl halides is 3. The van der Waals surface area contributed by atoms with Gasteiger partial charge >= 0.3 is 12.2 Å². The first-order chi connectivity index (χ1) is 17.2. The first-order valence-electron chi connectivity index (χ1n) is 11.1. The summed E-state index contributed by atoms with van der Waals surface area (Å²) in [5.74, 6) is 1.10. The van der Waals surface area contributed by atoms with Crippen LogP contribution in [0.25, 0.3) is 11.1 Å². The highest BCUT2D eigenvalue weighted by Gasteiger charge is 2.32. The minimum Gasteiger partial charge on any atom is -0.493 e. The van der Waals surface area contributed by atoms with Crippen LogP contribution < -0.4 is 14.8 Å². The van der Waals surface area contributed by atoms with Gasteiger partial charge in [-0.15, -0.1) is 0 Å². The number of amides is 2. The molecule has 0 aliphatic carbocycles. The fourth-order valence-corrected chi connectivity index (χ4v) is 4.10. The van der Waals surface area contributed by atoms with E-state index in [4.69, 9.17) is 14.6 Å². The fraction of sp³-hybridized carbons (Fsp3) is 0.269. The molecule has 10 heteroatoms. The molecule has 0 fully saturated rings. The molecule has 0 bridgehead atoms. The number of urea groups is 1. The highest BCUT2D eigenvalue weighted by atomic mass is 19.4. The van der Waals surface area contributed by atoms with E-state index in [1.165, 1.54) is 17.3 Å². The van der Waals surface area contributed by atoms with Gasteiger partial charge in [0.2, 0.25) is 0 Å². The monoisotopic (exact) mass is 498 g/mol. The molecule has 2 amide bonds. The number of methoxy groups -OCH3 is 2. The van der Waals surface area contributed by atoms with Crippen LogP contribution in [0.3, 0.4) is 0 Å². The Hall–Kier alpha value is -4.08. The Morgan fingerprint density at radius 3 is 2.17 bits per heavy atom. The maximum absolute atomic E-state index is 12.9. The van der Waals surface area contributed by atoms with E-state index in [9.17, 15) is 18.0 Å². The summed E-state index contributed by atoms with van der Waals surface area (Å²) in [5, 5.41) is 8.75. The maximum atomic E-state index is 12.9. The molecular formula is C26H25F3N4O3. The van der Waals surface area contributed by atoms with Gasteiger partial charge in [-0.3, -0.25) is 4.98 Å². The molecule has 0 saturated heterocycles. The van der Waals surface area contributed by atoms with Crippen molar-refractivity contribution >= 4 is 11.7 Å². The summed E-state index contributed by atoms with van der Waals surface area (Å²) in [7, 11) is 4.65. The van der Waals surface area contributed by atoms with Gasteiger partial charge in [-0.1, -0.05) is 30.3 Å². The van der Waals surface area contributed by atoms with Crippen molar-refractivity contribution in [2.45, 2.75) is 25.6 Å². The van der Waals surface area contributed by atoms with Crippen LogP contribution in [0.1, 0.15) is 29.3 Å². The largest absolute Gasteiger partial charge is 0.493 e. The number of carbonyl (C=O) groups is 1. The predicted molar refractivity (Wildman–Crippen MR) is 129 cm³/mol. The lowest BCUT2D eigenvalue weighted by Gasteiger charge is -2.22. The van der Waals surface area contributed by atoms with Gasteiger partial charge in [0.05, 0.1) is 26.0 Å². The molecule has 36 heavy (non-hydrogen) atoms. The Morgan fingerprint density at radius 2 is 1.61 bits per heavy atom. The SMILES string of the molecule is CNC(=O)N1N=C(c2ccc(-c3ccc(C(F)(F)F)nc3)cc2)c2cc(OC)c(OC)cc2C[C@@H]1C. The van der Waals surface area contributed by atoms with E-state index in [1.54, 1.807) is 33.4 Å². The van der Waals surface area contributed by atoms with E-state index in [0.717, 1.165) is 22.8 Å². The molecule has 0 saturated carbocycles. The molecule has 188 valence electrons. The van der Waals surface area contributed by atoms with Crippen LogP contribution >= 0.6 is 0 Å². The second-order valence-corrected chi connectivity index (χ2v) is 8.27. The Bertz CT molecular complexity index is 1290. The molecule has 1 aliphatic rings. The molecule has 7 nitrogen and oxygen atoms in total. The lowest BCUT2D eigenvalue weighted by atomic mass is 9.93. The standard InChI is InChI=1S/C26H25F3N4O3/c1-15-11-19-12-21(35-3)22(36-4)13-20(19)24(32-33(15)25(34)30-2)17-7-5-16(6-8-17)18-9-10-23(31-14-18)26(27,28)29/h5-10,12-15H,11H2,1-4H3,(H,30,34)/t15-/m0/s1. The van der Waals surface area contributed by atoms with Gasteiger partial charge in [0.1, 0.15) is 5.69 Å². The summed E-state index contributed by atoms with van der Waals surface area (Å²) in [5.41, 5.74) is 3.28. The zero-order chi connectivity index (χ0) is 26.0. The van der Waals surface area contributed by atoms with Gasteiger partial charge in [0, 0.05) is 29.9 Å². The molecule has 1 atom stereocenters. The molecule has 0 unspecified atom stereocenters. The number of ether oxygens (including phenoxy) is 2. The van der Waals surface area contributed by atoms with Crippen LogP contribution in [-0.2, 0) is 12.6 Å². The number of fused-ring (bicyclic) bond motifs is 1. The van der Waals surface area contributed by atoms with Gasteiger partial charge < -0.3 is 14.8 Å². The van der Waals surface area contributed by atoms with Crippen molar-refractivity contribution < 1.29 is 27.4 Å². The molecule has 1 aliphatic heterocycles. The molecule has 1 aromatic heterocycles. The summed E-state index contributed by atoms with van der Waals surface area (Å²) in [6.07, 6.45) is -2.77. The molecule has 0 radical (unpaired) electrons. The number of pyridine rings is 1. The number of halogens is 3. The van der Waals surface area contributed by atoms with E-state index in [0.29, 0.717) is 34.8 Å². The first-order valence-corrected chi connectivity index (χ1v) is 11.1. The Morgan fingerprint density at radius 1 is 1.00 bits per heavy atom. The van der Waals surface area contributed by atoms with Crippen molar-refractivity contribution in [3.8, 4) is 22.6 Å². The minimum atomic E-state index is -4.50. The maximum Gasteiger partial charge on any atom is 0.433 e. The lowest BCUT2D eigenvalue weighted by Crippen LogP contribution is -2.41. The number of hydrazone groups is 1. The molecule has 3 aromatic rings. The van der Waals surface area contributed by atoms with E-state index in [2.05, 4.69) is 10.3 Å². The van der Waals surface area contributed by atoms with Crippen molar-refractivity contribution in [1.29, 1.82) is 0 Å². The number of aromatic nitrogens is 1. The number of nitrogens with one attached hydrogen (secondary N) is 1. The van der Waals surface area contributed by atoms with Crippen molar-refractivity contribution in [2.75, 3.05) is 21.3 Å². The van der Waals surface area contributed by atoms with Crippen LogP contribution in [-0.4, -0.2) is 49.0 Å². The van der Waals surface area contributed by atoms with E-state index in [1.807, 2.05) is 31.2 Å². The molecule has 0 spiro atoms. The fourth-order valence-electron chi connectivity index (χ4n) is 4.10. The topological polar surface area (TPSA) is 76.1 Å². The van der Waals surface area contributed by atoms with Crippen molar-refractivity contribution in [1.82, 2.24) is 15.3 Å². The highest BCUT2D eigenvalue weighted by Crippen LogP contribution is 2.35. The quantitative estimate of drug-likeness (QED) is 0.542. The average molecular weight is 499 g/mol. The Balaban J connectivity index is 1.79. The van der Waals surface area contributed by atoms with Crippen molar-refractivity contribution in [2.24, 2.45) is 5.10 Å². The van der Waals surface area contributed by atoms with E-state index < -0.39 is 11.9 Å². The summed E-state index contributed by atoms with van der Waals surface area (Å²) in [6.45, 7) is 1.91. The Labute approximate surface area is 206 Å². The third-order valence-corrected chi connectivity index (χ3v) is 5.97. The minimum absolute atomic E-state index is 0.239. The molecule has 4 rings (SSSR count). The van der Waals surface area contributed by atoms with Gasteiger partial charge in [-0.2, -0.15) is 18.3 Å². The van der Waals surface area contributed by atoms with Gasteiger partial charge in [0.15, 0.2) is 11.5 Å². The molecule has 1 N–H and O–H groups in total. The Kier molecular flexibility index (Phi) is 6.87. The third-order valence-electron chi connectivity index (χ3n) is 5.97. The number of rotatable bonds is 4. The van der Waals surface area contributed by atoms with Crippen LogP contribution in [0.5, 0.6) is 11.5 Å². The smallest absolute Gasteiger partial charge is 0.433 e. The van der Waals surface area contributed by atoms with Crippen LogP contribution in [0.15, 0.2) is 59.8 Å². The summed E-state index contributed by atoms with van der Waals surface area (Å²) >= 11 is 0. The van der Waals surface area contributed by atoms with Crippen molar-refractivity contribution in [3.63, 3.8) is 0 Å². The number of nitrogens with zero attached hydrogens (tertiary/aromatic N) is 3. The second-order valence-electron chi connectivity index (χ2n) is 8.27. The second kappa shape index (κ2) is 9.88. The summed E-state index contributed by atoms with van der Waals surface area (Å²) < 4.78 is 49.5. The third kappa shape index (κ3) is 4.84. The summed E-state index contributed by atoms with van der Waals surface area (Å²) in [6, 6.07) is 12.6. The van der Waals surface area contributed by atoms with Crippen molar-refractivity contribution in [3.05, 3.63) is 77.1 Å². The van der Waals surface area contributed by atoms with E-state index >= 15 is 0 Å².